The molecule has 2 aromatic carbocycles. The molecule has 6 nitrogen and oxygen atoms in total. The van der Waals surface area contributed by atoms with Gasteiger partial charge in [0, 0.05) is 26.8 Å². The minimum absolute atomic E-state index is 0.272. The maximum Gasteiger partial charge on any atom is 0.395 e. The molecule has 0 amide bonds. The van der Waals surface area contributed by atoms with Crippen molar-refractivity contribution in [3.63, 3.8) is 0 Å². The summed E-state index contributed by atoms with van der Waals surface area (Å²) in [5.41, 5.74) is 6.21. The number of nitrogens with one attached hydrogen (secondary N) is 1. The number of carboxylic acid groups (broad SMARTS) is 1. The average Bonchev–Trinajstić information content (AvgIpc) is 2.67. The molecule has 10 heteroatoms. The molecular weight excluding hydrogens is 421 g/mol. The van der Waals surface area contributed by atoms with Crippen LogP contribution in [0.3, 0.4) is 0 Å². The van der Waals surface area contributed by atoms with Gasteiger partial charge >= 0.3 is 12.1 Å². The number of phenolic OH excluding ortho intramolecular Hbond substituents is 1. The molecule has 0 radical (unpaired) electrons. The fourth-order valence-electron chi connectivity index (χ4n) is 3.00. The largest absolute Gasteiger partial charge is 0.508 e. The van der Waals surface area contributed by atoms with E-state index in [1.807, 2.05) is 0 Å². The number of aliphatic carboxylic acids is 1. The Balaban J connectivity index is 2.19. The molecule has 0 aliphatic rings. The van der Waals surface area contributed by atoms with Gasteiger partial charge in [0.15, 0.2) is 0 Å². The topological polar surface area (TPSA) is 124 Å². The lowest BCUT2D eigenvalue weighted by Gasteiger charge is -2.22. The highest BCUT2D eigenvalue weighted by Gasteiger charge is 2.42. The van der Waals surface area contributed by atoms with Gasteiger partial charge in [0.1, 0.15) is 11.8 Å². The Morgan fingerprint density at radius 2 is 1.67 bits per heavy atom. The molecule has 3 atom stereocenters. The van der Waals surface area contributed by atoms with Crippen molar-refractivity contribution in [2.24, 2.45) is 5.73 Å². The number of phenols is 1. The van der Waals surface area contributed by atoms with Crippen molar-refractivity contribution in [1.82, 2.24) is 0 Å². The van der Waals surface area contributed by atoms with E-state index in [1.165, 1.54) is 18.2 Å². The summed E-state index contributed by atoms with van der Waals surface area (Å²) in [7, 11) is -3.46. The molecule has 164 valence electrons. The smallest absolute Gasteiger partial charge is 0.395 e. The summed E-state index contributed by atoms with van der Waals surface area (Å²) in [5.74, 6) is -4.99. The van der Waals surface area contributed by atoms with Gasteiger partial charge in [0.2, 0.25) is 0 Å². The van der Waals surface area contributed by atoms with E-state index < -0.39 is 57.5 Å². The van der Waals surface area contributed by atoms with E-state index in [0.29, 0.717) is 5.56 Å². The Kier molecular flexibility index (Phi) is 7.49. The van der Waals surface area contributed by atoms with E-state index in [4.69, 9.17) is 15.6 Å². The van der Waals surface area contributed by atoms with Crippen LogP contribution in [-0.2, 0) is 14.5 Å². The number of nitrogens with two attached hydrogens (primary N) is 1. The molecule has 5 N–H and O–H groups in total. The minimum atomic E-state index is -4.72. The number of benzene rings is 2. The maximum absolute atomic E-state index is 13.6. The predicted molar refractivity (Wildman–Crippen MR) is 108 cm³/mol. The number of aromatic hydroxyl groups is 1. The van der Waals surface area contributed by atoms with E-state index in [1.54, 1.807) is 30.3 Å². The quantitative estimate of drug-likeness (QED) is 0.466. The fourth-order valence-corrected chi connectivity index (χ4v) is 4.45. The van der Waals surface area contributed by atoms with Crippen molar-refractivity contribution in [3.05, 3.63) is 54.1 Å². The van der Waals surface area contributed by atoms with Crippen LogP contribution in [0.25, 0.3) is 11.1 Å². The van der Waals surface area contributed by atoms with Crippen LogP contribution in [0.1, 0.15) is 24.3 Å². The Hall–Kier alpha value is -2.59. The van der Waals surface area contributed by atoms with Crippen LogP contribution in [0.15, 0.2) is 48.5 Å². The van der Waals surface area contributed by atoms with Gasteiger partial charge in [-0.25, -0.2) is 4.21 Å². The highest BCUT2D eigenvalue weighted by atomic mass is 32.2. The molecule has 0 saturated heterocycles. The van der Waals surface area contributed by atoms with E-state index in [2.05, 4.69) is 0 Å². The van der Waals surface area contributed by atoms with Gasteiger partial charge in [-0.05, 0) is 30.0 Å². The van der Waals surface area contributed by atoms with Gasteiger partial charge in [-0.1, -0.05) is 42.5 Å². The normalized spacial score (nSPS) is 15.9. The zero-order chi connectivity index (χ0) is 22.5. The second kappa shape index (κ2) is 9.48. The number of carboxylic acids is 1. The van der Waals surface area contributed by atoms with Crippen LogP contribution in [0.2, 0.25) is 0 Å². The van der Waals surface area contributed by atoms with Crippen molar-refractivity contribution in [1.29, 1.82) is 4.78 Å². The Morgan fingerprint density at radius 3 is 2.20 bits per heavy atom. The highest BCUT2D eigenvalue weighted by molar-refractivity contribution is 7.92. The van der Waals surface area contributed by atoms with Gasteiger partial charge < -0.3 is 15.9 Å². The van der Waals surface area contributed by atoms with Gasteiger partial charge in [0.05, 0.1) is 5.92 Å². The summed E-state index contributed by atoms with van der Waals surface area (Å²) in [4.78, 5) is 10.7. The lowest BCUT2D eigenvalue weighted by molar-refractivity contribution is -0.151. The van der Waals surface area contributed by atoms with Gasteiger partial charge in [-0.3, -0.25) is 9.57 Å². The highest BCUT2D eigenvalue weighted by Crippen LogP contribution is 2.42. The molecule has 0 bridgehead atoms. The van der Waals surface area contributed by atoms with E-state index in [0.717, 1.165) is 5.56 Å². The van der Waals surface area contributed by atoms with Crippen LogP contribution in [0.4, 0.5) is 13.2 Å². The molecule has 2 aromatic rings. The first kappa shape index (κ1) is 23.7. The van der Waals surface area contributed by atoms with Crippen LogP contribution in [0.5, 0.6) is 5.75 Å². The summed E-state index contributed by atoms with van der Waals surface area (Å²) >= 11 is 0. The van der Waals surface area contributed by atoms with Crippen molar-refractivity contribution in [2.45, 2.75) is 31.0 Å². The van der Waals surface area contributed by atoms with Crippen LogP contribution < -0.4 is 5.73 Å². The molecule has 0 fully saturated rings. The molecular formula is C20H23F3N2O4S. The Bertz CT molecular complexity index is 979. The SMILES string of the molecule is N=S(=O)(CCC(N)C(=O)O)CCC(c1ccc(-c2ccccc2)cc1O)C(F)(F)F. The van der Waals surface area contributed by atoms with Gasteiger partial charge in [0.25, 0.3) is 0 Å². The molecule has 0 aliphatic carbocycles. The molecule has 0 heterocycles. The number of rotatable bonds is 9. The van der Waals surface area contributed by atoms with Crippen molar-refractivity contribution < 1.29 is 32.4 Å². The zero-order valence-electron chi connectivity index (χ0n) is 15.9. The van der Waals surface area contributed by atoms with Gasteiger partial charge in [-0.15, -0.1) is 0 Å². The number of carbonyl (C=O) groups is 1. The maximum atomic E-state index is 13.6. The molecule has 3 unspecified atom stereocenters. The van der Waals surface area contributed by atoms with Crippen LogP contribution in [0, 0.1) is 4.78 Å². The summed E-state index contributed by atoms with van der Waals surface area (Å²) < 4.78 is 61.0. The summed E-state index contributed by atoms with van der Waals surface area (Å²) in [6.45, 7) is 0. The number of alkyl halides is 3. The third-order valence-corrected chi connectivity index (χ3v) is 6.51. The van der Waals surface area contributed by atoms with Crippen molar-refractivity contribution in [3.8, 4) is 16.9 Å². The first-order chi connectivity index (χ1) is 13.9. The molecule has 0 saturated carbocycles. The standard InChI is InChI=1S/C20H23F3N2O4S/c21-20(22,23)16(8-10-30(25,29)11-9-17(24)19(27)28)15-7-6-14(12-18(15)26)13-4-2-1-3-5-13/h1-7,12,16-17,25-26H,8-11,24H2,(H,27,28). The minimum Gasteiger partial charge on any atom is -0.508 e. The number of hydrogen-bond acceptors (Lipinski definition) is 5. The van der Waals surface area contributed by atoms with E-state index in [-0.39, 0.29) is 12.0 Å². The van der Waals surface area contributed by atoms with Crippen LogP contribution in [-0.4, -0.2) is 44.1 Å². The van der Waals surface area contributed by atoms with Crippen molar-refractivity contribution in [2.75, 3.05) is 11.5 Å². The molecule has 0 aromatic heterocycles. The molecule has 0 aliphatic heterocycles. The van der Waals surface area contributed by atoms with Gasteiger partial charge in [-0.2, -0.15) is 13.2 Å². The number of halogens is 3. The van der Waals surface area contributed by atoms with E-state index in [9.17, 15) is 27.3 Å². The first-order valence-corrected chi connectivity index (χ1v) is 11.0. The number of hydrogen-bond donors (Lipinski definition) is 4. The molecule has 0 spiro atoms. The monoisotopic (exact) mass is 444 g/mol. The third-order valence-electron chi connectivity index (χ3n) is 4.72. The predicted octanol–water partition coefficient (Wildman–Crippen LogP) is 3.94. The third kappa shape index (κ3) is 6.46. The van der Waals surface area contributed by atoms with Crippen LogP contribution >= 0.6 is 0 Å². The lowest BCUT2D eigenvalue weighted by atomic mass is 9.92. The molecule has 2 rings (SSSR count). The Labute approximate surface area is 172 Å². The summed E-state index contributed by atoms with van der Waals surface area (Å²) in [6.07, 6.45) is -5.67. The first-order valence-electron chi connectivity index (χ1n) is 9.08. The zero-order valence-corrected chi connectivity index (χ0v) is 16.7. The summed E-state index contributed by atoms with van der Waals surface area (Å²) in [6, 6.07) is 11.4. The lowest BCUT2D eigenvalue weighted by Crippen LogP contribution is -2.32. The average molecular weight is 444 g/mol. The second-order valence-electron chi connectivity index (χ2n) is 6.98. The Morgan fingerprint density at radius 1 is 1.07 bits per heavy atom. The van der Waals surface area contributed by atoms with Crippen molar-refractivity contribution >= 4 is 15.7 Å². The molecule has 30 heavy (non-hydrogen) atoms. The second-order valence-corrected chi connectivity index (χ2v) is 9.42. The van der Waals surface area contributed by atoms with E-state index >= 15 is 0 Å². The summed E-state index contributed by atoms with van der Waals surface area (Å²) in [5, 5.41) is 19.0. The fraction of sp³-hybridized carbons (Fsp3) is 0.350.